The monoisotopic (exact) mass is 782 g/mol. The second-order valence-corrected chi connectivity index (χ2v) is 13.7. The van der Waals surface area contributed by atoms with E-state index in [0.29, 0.717) is 0 Å². The third kappa shape index (κ3) is 5.81. The second kappa shape index (κ2) is 13.5. The molecule has 14 heteroatoms. The molecule has 0 saturated carbocycles. The average Bonchev–Trinajstić information content (AvgIpc) is 3.21. The molecular formula is C44H30O14. The van der Waals surface area contributed by atoms with Crippen LogP contribution in [0.4, 0.5) is 0 Å². The lowest BCUT2D eigenvalue weighted by Crippen LogP contribution is -2.70. The van der Waals surface area contributed by atoms with Crippen molar-refractivity contribution in [2.75, 3.05) is 0 Å². The van der Waals surface area contributed by atoms with E-state index in [1.165, 1.54) is 42.5 Å². The fourth-order valence-corrected chi connectivity index (χ4v) is 7.03. The number of rotatable bonds is 8. The average molecular weight is 783 g/mol. The molecule has 3 unspecified atom stereocenters. The van der Waals surface area contributed by atoms with E-state index in [1.807, 2.05) is 60.7 Å². The summed E-state index contributed by atoms with van der Waals surface area (Å²) in [6.07, 6.45) is -1.58. The van der Waals surface area contributed by atoms with Crippen LogP contribution in [0.25, 0.3) is 0 Å². The van der Waals surface area contributed by atoms with Gasteiger partial charge < -0.3 is 54.0 Å². The number of hydrogen-bond donors (Lipinski definition) is 5. The van der Waals surface area contributed by atoms with E-state index in [-0.39, 0.29) is 64.4 Å². The Labute approximate surface area is 328 Å². The van der Waals surface area contributed by atoms with Gasteiger partial charge in [0.05, 0.1) is 0 Å². The molecule has 0 amide bonds. The van der Waals surface area contributed by atoms with Crippen LogP contribution in [-0.4, -0.2) is 48.7 Å². The number of ether oxygens (including phenoxy) is 6. The molecule has 6 aromatic carbocycles. The minimum absolute atomic E-state index is 0.0347. The molecule has 3 aliphatic heterocycles. The molecule has 0 fully saturated rings. The van der Waals surface area contributed by atoms with Gasteiger partial charge in [-0.05, 0) is 41.5 Å². The summed E-state index contributed by atoms with van der Waals surface area (Å²) in [7, 11) is 0. The number of Topliss-reactive ketones (excluding diaryl/α,β-unsaturated/α-hetero) is 3. The van der Waals surface area contributed by atoms with Gasteiger partial charge in [0.15, 0.2) is 29.1 Å². The molecule has 0 radical (unpaired) electrons. The number of benzene rings is 6. The fraction of sp³-hybridized carbons (Fsp3) is 0.114. The Balaban J connectivity index is 1.07. The maximum absolute atomic E-state index is 14.4. The van der Waals surface area contributed by atoms with E-state index >= 15 is 0 Å². The molecule has 290 valence electrons. The number of phenols is 4. The van der Waals surface area contributed by atoms with Gasteiger partial charge in [-0.1, -0.05) is 66.7 Å². The van der Waals surface area contributed by atoms with Gasteiger partial charge in [-0.2, -0.15) is 0 Å². The highest BCUT2D eigenvalue weighted by atomic mass is 16.8. The summed E-state index contributed by atoms with van der Waals surface area (Å²) in [6.45, 7) is 0.234. The van der Waals surface area contributed by atoms with Crippen molar-refractivity contribution in [1.29, 1.82) is 0 Å². The summed E-state index contributed by atoms with van der Waals surface area (Å²) in [4.78, 5) is 41.3. The Morgan fingerprint density at radius 3 is 1.79 bits per heavy atom. The summed E-state index contributed by atoms with van der Waals surface area (Å²) in [5.74, 6) is -12.0. The fourth-order valence-electron chi connectivity index (χ4n) is 7.03. The lowest BCUT2D eigenvalue weighted by atomic mass is 9.85. The van der Waals surface area contributed by atoms with E-state index in [1.54, 1.807) is 0 Å². The van der Waals surface area contributed by atoms with Crippen LogP contribution in [0.5, 0.6) is 57.5 Å². The van der Waals surface area contributed by atoms with Gasteiger partial charge in [-0.3, -0.25) is 14.4 Å². The van der Waals surface area contributed by atoms with Crippen molar-refractivity contribution in [2.45, 2.75) is 30.9 Å². The first-order chi connectivity index (χ1) is 27.9. The van der Waals surface area contributed by atoms with Crippen LogP contribution >= 0.6 is 0 Å². The molecule has 14 nitrogen and oxygen atoms in total. The molecule has 3 heterocycles. The quantitative estimate of drug-likeness (QED) is 0.0869. The Morgan fingerprint density at radius 2 is 1.16 bits per heavy atom. The maximum atomic E-state index is 14.4. The van der Waals surface area contributed by atoms with E-state index in [2.05, 4.69) is 0 Å². The van der Waals surface area contributed by atoms with Gasteiger partial charge in [-0.15, -0.1) is 0 Å². The van der Waals surface area contributed by atoms with E-state index < -0.39 is 63.6 Å². The minimum atomic E-state index is -3.14. The third-order valence-corrected chi connectivity index (χ3v) is 9.91. The number of aromatic hydroxyl groups is 4. The SMILES string of the molecule is O=C1C(=O)C(c2ccc3c(c2)OC2(O)C(=O)c4c(O)cc(OCc5ccccc5)cc4OC2(c2ccc(O)c(O)c2)O3)Oc2cc(OCc3ccccc3)cc(O)c21. The van der Waals surface area contributed by atoms with E-state index in [4.69, 9.17) is 28.4 Å². The lowest BCUT2D eigenvalue weighted by molar-refractivity contribution is -0.316. The predicted octanol–water partition coefficient (Wildman–Crippen LogP) is 6.14. The molecule has 0 aliphatic carbocycles. The number of carbonyl (C=O) groups is 3. The van der Waals surface area contributed by atoms with Crippen LogP contribution in [0.1, 0.15) is 49.1 Å². The highest BCUT2D eigenvalue weighted by Crippen LogP contribution is 2.56. The molecule has 9 rings (SSSR count). The molecule has 58 heavy (non-hydrogen) atoms. The summed E-state index contributed by atoms with van der Waals surface area (Å²) in [5, 5.41) is 54.9. The van der Waals surface area contributed by atoms with Crippen molar-refractivity contribution in [2.24, 2.45) is 0 Å². The normalized spacial score (nSPS) is 20.2. The van der Waals surface area contributed by atoms with Gasteiger partial charge in [0.2, 0.25) is 11.6 Å². The van der Waals surface area contributed by atoms with Crippen LogP contribution < -0.4 is 28.4 Å². The Hall–Kier alpha value is -7.71. The van der Waals surface area contributed by atoms with Crippen LogP contribution in [0.2, 0.25) is 0 Å². The maximum Gasteiger partial charge on any atom is 0.357 e. The number of phenolic OH excluding ortho intramolecular Hbond substituents is 4. The molecule has 0 bridgehead atoms. The Kier molecular flexibility index (Phi) is 8.37. The molecule has 3 aliphatic rings. The van der Waals surface area contributed by atoms with Gasteiger partial charge in [-0.25, -0.2) is 0 Å². The first kappa shape index (κ1) is 36.0. The van der Waals surface area contributed by atoms with E-state index in [0.717, 1.165) is 29.3 Å². The van der Waals surface area contributed by atoms with Crippen molar-refractivity contribution in [3.05, 3.63) is 155 Å². The third-order valence-electron chi connectivity index (χ3n) is 9.91. The van der Waals surface area contributed by atoms with Crippen molar-refractivity contribution < 1.29 is 68.3 Å². The largest absolute Gasteiger partial charge is 0.507 e. The molecule has 0 aromatic heterocycles. The van der Waals surface area contributed by atoms with Gasteiger partial charge in [0.1, 0.15) is 58.8 Å². The summed E-state index contributed by atoms with van der Waals surface area (Å²) >= 11 is 0. The number of fused-ring (bicyclic) bond motifs is 4. The molecule has 0 spiro atoms. The molecular weight excluding hydrogens is 752 g/mol. The topological polar surface area (TPSA) is 208 Å². The van der Waals surface area contributed by atoms with Crippen LogP contribution in [-0.2, 0) is 23.8 Å². The molecule has 3 atom stereocenters. The number of carbonyl (C=O) groups excluding carboxylic acids is 3. The highest BCUT2D eigenvalue weighted by molar-refractivity contribution is 6.47. The van der Waals surface area contributed by atoms with Gasteiger partial charge in [0, 0.05) is 35.4 Å². The van der Waals surface area contributed by atoms with Crippen molar-refractivity contribution >= 4 is 17.3 Å². The Bertz CT molecular complexity index is 2660. The van der Waals surface area contributed by atoms with Gasteiger partial charge >= 0.3 is 11.6 Å². The first-order valence-corrected chi connectivity index (χ1v) is 17.8. The Morgan fingerprint density at radius 1 is 0.552 bits per heavy atom. The molecule has 6 aromatic rings. The smallest absolute Gasteiger partial charge is 0.357 e. The van der Waals surface area contributed by atoms with Crippen LogP contribution in [0.3, 0.4) is 0 Å². The zero-order chi connectivity index (χ0) is 40.3. The zero-order valence-electron chi connectivity index (χ0n) is 29.9. The number of aliphatic hydroxyl groups is 1. The van der Waals surface area contributed by atoms with Crippen molar-refractivity contribution in [3.63, 3.8) is 0 Å². The number of ketones is 3. The van der Waals surface area contributed by atoms with Crippen molar-refractivity contribution in [1.82, 2.24) is 0 Å². The molecule has 0 saturated heterocycles. The second-order valence-electron chi connectivity index (χ2n) is 13.7. The first-order valence-electron chi connectivity index (χ1n) is 17.8. The lowest BCUT2D eigenvalue weighted by Gasteiger charge is -2.50. The van der Waals surface area contributed by atoms with Crippen LogP contribution in [0.15, 0.2) is 121 Å². The molecule has 5 N–H and O–H groups in total. The summed E-state index contributed by atoms with van der Waals surface area (Å²) < 4.78 is 36.3. The van der Waals surface area contributed by atoms with E-state index in [9.17, 15) is 39.9 Å². The highest BCUT2D eigenvalue weighted by Gasteiger charge is 2.71. The minimum Gasteiger partial charge on any atom is -0.507 e. The standard InChI is InChI=1S/C44H30O14/c45-29-13-12-26(16-30(29)46)44-43(52,42(51)38-32(48)18-28(20-36(38)58-44)54-22-24-9-5-2-6-10-24)56-34-15-25(11-14-33(34)57-44)41-40(50)39(49)37-31(47)17-27(19-35(37)55-41)53-21-23-7-3-1-4-8-23/h1-20,41,45-48,52H,21-22H2. The van der Waals surface area contributed by atoms with Crippen molar-refractivity contribution in [3.8, 4) is 57.5 Å². The summed E-state index contributed by atoms with van der Waals surface area (Å²) in [6, 6.07) is 30.7. The summed E-state index contributed by atoms with van der Waals surface area (Å²) in [5.41, 5.74) is 0.659. The van der Waals surface area contributed by atoms with Gasteiger partial charge in [0.25, 0.3) is 5.78 Å². The van der Waals surface area contributed by atoms with Crippen LogP contribution in [0, 0.1) is 0 Å². The number of hydrogen-bond acceptors (Lipinski definition) is 14. The zero-order valence-corrected chi connectivity index (χ0v) is 29.9. The predicted molar refractivity (Wildman–Crippen MR) is 200 cm³/mol.